The van der Waals surface area contributed by atoms with E-state index < -0.39 is 23.0 Å². The maximum Gasteiger partial charge on any atom is 0.314 e. The highest BCUT2D eigenvalue weighted by Crippen LogP contribution is 2.49. The zero-order valence-electron chi connectivity index (χ0n) is 7.56. The van der Waals surface area contributed by atoms with E-state index in [1.165, 1.54) is 6.07 Å². The van der Waals surface area contributed by atoms with Crippen LogP contribution in [0, 0.1) is 11.6 Å². The molecule has 1 fully saturated rings. The minimum Gasteiger partial charge on any atom is -0.481 e. The van der Waals surface area contributed by atoms with Gasteiger partial charge in [-0.05, 0) is 30.5 Å². The number of halogens is 3. The lowest BCUT2D eigenvalue weighted by Crippen LogP contribution is -2.19. The molecule has 1 aliphatic rings. The minimum atomic E-state index is -1.14. The molecule has 0 unspecified atom stereocenters. The molecule has 0 aliphatic heterocycles. The lowest BCUT2D eigenvalue weighted by molar-refractivity contribution is -0.140. The molecule has 0 heterocycles. The number of carboxylic acid groups (broad SMARTS) is 1. The number of hydrogen-bond donors (Lipinski definition) is 1. The molecule has 0 radical (unpaired) electrons. The van der Waals surface area contributed by atoms with Crippen LogP contribution >= 0.6 is 11.6 Å². The van der Waals surface area contributed by atoms with Crippen LogP contribution in [0.1, 0.15) is 18.4 Å². The molecule has 5 heteroatoms. The average molecular weight is 233 g/mol. The van der Waals surface area contributed by atoms with Gasteiger partial charge in [0.15, 0.2) is 11.6 Å². The second-order valence-electron chi connectivity index (χ2n) is 3.64. The molecule has 0 atom stereocenters. The van der Waals surface area contributed by atoms with E-state index in [0.29, 0.717) is 12.8 Å². The Hall–Kier alpha value is -1.16. The lowest BCUT2D eigenvalue weighted by Gasteiger charge is -2.10. The molecule has 1 N–H and O–H groups in total. The molecule has 0 aromatic heterocycles. The molecule has 80 valence electrons. The summed E-state index contributed by atoms with van der Waals surface area (Å²) >= 11 is 5.45. The zero-order valence-corrected chi connectivity index (χ0v) is 8.31. The quantitative estimate of drug-likeness (QED) is 0.796. The normalized spacial score (nSPS) is 17.5. The number of hydrogen-bond acceptors (Lipinski definition) is 1. The predicted molar refractivity (Wildman–Crippen MR) is 49.9 cm³/mol. The first-order valence-corrected chi connectivity index (χ1v) is 4.73. The van der Waals surface area contributed by atoms with Crippen LogP contribution in [0.5, 0.6) is 0 Å². The first kappa shape index (κ1) is 10.4. The highest BCUT2D eigenvalue weighted by Gasteiger charge is 2.52. The van der Waals surface area contributed by atoms with Gasteiger partial charge in [-0.15, -0.1) is 0 Å². The molecule has 0 spiro atoms. The molecular weight excluding hydrogens is 226 g/mol. The van der Waals surface area contributed by atoms with Gasteiger partial charge in [0.25, 0.3) is 0 Å². The maximum absolute atomic E-state index is 13.0. The predicted octanol–water partition coefficient (Wildman–Crippen LogP) is 2.73. The summed E-state index contributed by atoms with van der Waals surface area (Å²) in [6.45, 7) is 0. The van der Waals surface area contributed by atoms with Crippen molar-refractivity contribution in [3.8, 4) is 0 Å². The van der Waals surface area contributed by atoms with Crippen molar-refractivity contribution in [2.75, 3.05) is 0 Å². The number of carbonyl (C=O) groups is 1. The Balaban J connectivity index is 2.51. The van der Waals surface area contributed by atoms with Gasteiger partial charge in [-0.3, -0.25) is 4.79 Å². The minimum absolute atomic E-state index is 0.235. The summed E-state index contributed by atoms with van der Waals surface area (Å²) in [4.78, 5) is 10.9. The third-order valence-electron chi connectivity index (χ3n) is 2.70. The first-order chi connectivity index (χ1) is 6.97. The van der Waals surface area contributed by atoms with Crippen molar-refractivity contribution < 1.29 is 18.7 Å². The van der Waals surface area contributed by atoms with E-state index in [2.05, 4.69) is 0 Å². The van der Waals surface area contributed by atoms with Gasteiger partial charge in [0.05, 0.1) is 10.4 Å². The molecule has 15 heavy (non-hydrogen) atoms. The van der Waals surface area contributed by atoms with E-state index in [4.69, 9.17) is 16.7 Å². The van der Waals surface area contributed by atoms with Crippen molar-refractivity contribution in [2.24, 2.45) is 0 Å². The number of benzene rings is 1. The standard InChI is InChI=1S/C10H7ClF2O2/c11-6-3-5(4-7(12)8(6)13)10(1-2-10)9(14)15/h3-4H,1-2H2,(H,14,15). The molecule has 0 bridgehead atoms. The fourth-order valence-electron chi connectivity index (χ4n) is 1.58. The summed E-state index contributed by atoms with van der Waals surface area (Å²) in [6.07, 6.45) is 0.869. The Kier molecular flexibility index (Phi) is 2.19. The van der Waals surface area contributed by atoms with E-state index in [9.17, 15) is 13.6 Å². The number of rotatable bonds is 2. The average Bonchev–Trinajstić information content (AvgIpc) is 2.93. The largest absolute Gasteiger partial charge is 0.481 e. The van der Waals surface area contributed by atoms with Crippen LogP contribution in [0.25, 0.3) is 0 Å². The summed E-state index contributed by atoms with van der Waals surface area (Å²) in [5, 5.41) is 8.57. The van der Waals surface area contributed by atoms with Crippen molar-refractivity contribution in [1.29, 1.82) is 0 Å². The highest BCUT2D eigenvalue weighted by atomic mass is 35.5. The van der Waals surface area contributed by atoms with Crippen LogP contribution in [-0.4, -0.2) is 11.1 Å². The topological polar surface area (TPSA) is 37.3 Å². The monoisotopic (exact) mass is 232 g/mol. The van der Waals surface area contributed by atoms with Crippen LogP contribution in [0.15, 0.2) is 12.1 Å². The second-order valence-corrected chi connectivity index (χ2v) is 4.05. The SMILES string of the molecule is O=C(O)C1(c2cc(F)c(F)c(Cl)c2)CC1. The van der Waals surface area contributed by atoms with E-state index in [-0.39, 0.29) is 10.6 Å². The highest BCUT2D eigenvalue weighted by molar-refractivity contribution is 6.30. The Morgan fingerprint density at radius 1 is 1.40 bits per heavy atom. The van der Waals surface area contributed by atoms with E-state index in [1.807, 2.05) is 0 Å². The number of aliphatic carboxylic acids is 1. The van der Waals surface area contributed by atoms with Crippen LogP contribution in [-0.2, 0) is 10.2 Å². The van der Waals surface area contributed by atoms with Crippen molar-refractivity contribution in [3.63, 3.8) is 0 Å². The molecule has 1 aromatic carbocycles. The second kappa shape index (κ2) is 3.17. The molecule has 0 saturated heterocycles. The van der Waals surface area contributed by atoms with E-state index >= 15 is 0 Å². The van der Waals surface area contributed by atoms with Crippen molar-refractivity contribution in [2.45, 2.75) is 18.3 Å². The van der Waals surface area contributed by atoms with Gasteiger partial charge in [-0.2, -0.15) is 0 Å². The van der Waals surface area contributed by atoms with Crippen LogP contribution in [0.3, 0.4) is 0 Å². The third-order valence-corrected chi connectivity index (χ3v) is 2.97. The van der Waals surface area contributed by atoms with Gasteiger partial charge in [0, 0.05) is 0 Å². The Morgan fingerprint density at radius 3 is 2.40 bits per heavy atom. The zero-order chi connectivity index (χ0) is 11.2. The maximum atomic E-state index is 13.0. The third kappa shape index (κ3) is 1.49. The lowest BCUT2D eigenvalue weighted by atomic mass is 9.96. The Morgan fingerprint density at radius 2 is 2.00 bits per heavy atom. The van der Waals surface area contributed by atoms with Gasteiger partial charge >= 0.3 is 5.97 Å². The molecule has 1 aromatic rings. The molecule has 1 aliphatic carbocycles. The van der Waals surface area contributed by atoms with Gasteiger partial charge in [-0.1, -0.05) is 11.6 Å². The van der Waals surface area contributed by atoms with Gasteiger partial charge in [0.2, 0.25) is 0 Å². The van der Waals surface area contributed by atoms with E-state index in [0.717, 1.165) is 6.07 Å². The Bertz CT molecular complexity index is 418. The van der Waals surface area contributed by atoms with Gasteiger partial charge < -0.3 is 5.11 Å². The van der Waals surface area contributed by atoms with Crippen molar-refractivity contribution >= 4 is 17.6 Å². The first-order valence-electron chi connectivity index (χ1n) is 4.36. The van der Waals surface area contributed by atoms with Crippen LogP contribution in [0.4, 0.5) is 8.78 Å². The number of carboxylic acids is 1. The molecule has 2 rings (SSSR count). The summed E-state index contributed by atoms with van der Waals surface area (Å²) in [6, 6.07) is 2.09. The summed E-state index contributed by atoms with van der Waals surface area (Å²) in [5.74, 6) is -3.27. The van der Waals surface area contributed by atoms with Crippen molar-refractivity contribution in [1.82, 2.24) is 0 Å². The van der Waals surface area contributed by atoms with E-state index in [1.54, 1.807) is 0 Å². The fraction of sp³-hybridized carbons (Fsp3) is 0.300. The molecule has 0 amide bonds. The van der Waals surface area contributed by atoms with Gasteiger partial charge in [0.1, 0.15) is 0 Å². The van der Waals surface area contributed by atoms with Crippen LogP contribution < -0.4 is 0 Å². The summed E-state index contributed by atoms with van der Waals surface area (Å²) in [7, 11) is 0. The summed E-state index contributed by atoms with van der Waals surface area (Å²) in [5.41, 5.74) is -0.822. The molecule has 1 saturated carbocycles. The Labute approximate surface area is 89.5 Å². The molecule has 2 nitrogen and oxygen atoms in total. The summed E-state index contributed by atoms with van der Waals surface area (Å²) < 4.78 is 25.9. The molecular formula is C10H7ClF2O2. The van der Waals surface area contributed by atoms with Gasteiger partial charge in [-0.25, -0.2) is 8.78 Å². The smallest absolute Gasteiger partial charge is 0.314 e. The fourth-order valence-corrected chi connectivity index (χ4v) is 1.79. The van der Waals surface area contributed by atoms with Crippen LogP contribution in [0.2, 0.25) is 5.02 Å². The van der Waals surface area contributed by atoms with Crippen molar-refractivity contribution in [3.05, 3.63) is 34.4 Å².